The molecule has 0 saturated carbocycles. The Bertz CT molecular complexity index is 588. The predicted molar refractivity (Wildman–Crippen MR) is 81.4 cm³/mol. The highest BCUT2D eigenvalue weighted by Gasteiger charge is 2.43. The molecule has 0 aromatic heterocycles. The number of aliphatic carboxylic acids is 1. The first-order chi connectivity index (χ1) is 11.2. The molecular weight excluding hydrogens is 323 g/mol. The van der Waals surface area contributed by atoms with Gasteiger partial charge in [0, 0.05) is 19.0 Å². The van der Waals surface area contributed by atoms with Crippen molar-refractivity contribution in [2.24, 2.45) is 5.92 Å². The zero-order chi connectivity index (χ0) is 17.9. The lowest BCUT2D eigenvalue weighted by molar-refractivity contribution is -0.163. The van der Waals surface area contributed by atoms with Gasteiger partial charge in [-0.25, -0.2) is 0 Å². The Morgan fingerprint density at radius 1 is 1.25 bits per heavy atom. The smallest absolute Gasteiger partial charge is 0.396 e. The molecule has 1 aliphatic rings. The highest BCUT2D eigenvalue weighted by atomic mass is 19.4. The van der Waals surface area contributed by atoms with Crippen LogP contribution in [0.15, 0.2) is 30.3 Å². The lowest BCUT2D eigenvalue weighted by Crippen LogP contribution is -2.48. The van der Waals surface area contributed by atoms with Gasteiger partial charge in [-0.3, -0.25) is 9.59 Å². The second-order valence-corrected chi connectivity index (χ2v) is 6.22. The van der Waals surface area contributed by atoms with Gasteiger partial charge in [0.05, 0.1) is 11.8 Å². The van der Waals surface area contributed by atoms with Crippen LogP contribution in [-0.4, -0.2) is 40.6 Å². The third-order valence-electron chi connectivity index (χ3n) is 4.53. The number of likely N-dealkylation sites (tertiary alicyclic amines) is 1. The Kier molecular flexibility index (Phi) is 5.51. The molecule has 1 N–H and O–H groups in total. The van der Waals surface area contributed by atoms with Crippen LogP contribution in [0.2, 0.25) is 0 Å². The summed E-state index contributed by atoms with van der Waals surface area (Å²) in [7, 11) is 0. The van der Waals surface area contributed by atoms with Gasteiger partial charge in [-0.2, -0.15) is 13.2 Å². The molecular formula is C17H20F3NO3. The van der Waals surface area contributed by atoms with Crippen LogP contribution in [0.4, 0.5) is 13.2 Å². The molecule has 0 bridgehead atoms. The van der Waals surface area contributed by atoms with E-state index in [1.54, 1.807) is 13.0 Å². The van der Waals surface area contributed by atoms with Crippen LogP contribution in [0.3, 0.4) is 0 Å². The lowest BCUT2D eigenvalue weighted by Gasteiger charge is -2.37. The van der Waals surface area contributed by atoms with Crippen molar-refractivity contribution in [2.45, 2.75) is 44.3 Å². The van der Waals surface area contributed by atoms with Crippen molar-refractivity contribution in [2.75, 3.05) is 6.54 Å². The molecule has 1 fully saturated rings. The number of amides is 1. The summed E-state index contributed by atoms with van der Waals surface area (Å²) >= 11 is 0. The second kappa shape index (κ2) is 7.23. The minimum absolute atomic E-state index is 0.0330. The van der Waals surface area contributed by atoms with E-state index < -0.39 is 36.3 Å². The molecule has 3 unspecified atom stereocenters. The molecule has 4 nitrogen and oxygen atoms in total. The fourth-order valence-electron chi connectivity index (χ4n) is 3.06. The van der Waals surface area contributed by atoms with E-state index in [2.05, 4.69) is 0 Å². The standard InChI is InChI=1S/C17H20F3NO3/c1-11-7-8-13(16(23)24)10-21(11)15(22)9-14(17(18,19)20)12-5-3-2-4-6-12/h2-6,11,13-14H,7-10H2,1H3,(H,23,24). The molecule has 132 valence electrons. The summed E-state index contributed by atoms with van der Waals surface area (Å²) in [6.45, 7) is 1.70. The van der Waals surface area contributed by atoms with Gasteiger partial charge in [-0.15, -0.1) is 0 Å². The van der Waals surface area contributed by atoms with Crippen molar-refractivity contribution < 1.29 is 27.9 Å². The number of hydrogen-bond acceptors (Lipinski definition) is 2. The highest BCUT2D eigenvalue weighted by Crippen LogP contribution is 2.38. The number of hydrogen-bond donors (Lipinski definition) is 1. The van der Waals surface area contributed by atoms with Crippen molar-refractivity contribution >= 4 is 11.9 Å². The number of carboxylic acid groups (broad SMARTS) is 1. The Labute approximate surface area is 138 Å². The van der Waals surface area contributed by atoms with E-state index in [9.17, 15) is 22.8 Å². The van der Waals surface area contributed by atoms with Crippen molar-refractivity contribution in [1.82, 2.24) is 4.90 Å². The van der Waals surface area contributed by atoms with Gasteiger partial charge in [-0.1, -0.05) is 30.3 Å². The molecule has 1 heterocycles. The van der Waals surface area contributed by atoms with Gasteiger partial charge < -0.3 is 10.0 Å². The number of carboxylic acids is 1. The minimum atomic E-state index is -4.54. The average molecular weight is 343 g/mol. The number of alkyl halides is 3. The molecule has 0 radical (unpaired) electrons. The first kappa shape index (κ1) is 18.3. The van der Waals surface area contributed by atoms with E-state index in [0.717, 1.165) is 0 Å². The molecule has 0 spiro atoms. The molecule has 24 heavy (non-hydrogen) atoms. The zero-order valence-corrected chi connectivity index (χ0v) is 13.3. The number of halogens is 3. The Morgan fingerprint density at radius 3 is 2.42 bits per heavy atom. The van der Waals surface area contributed by atoms with Crippen LogP contribution in [0, 0.1) is 5.92 Å². The van der Waals surface area contributed by atoms with Crippen LogP contribution >= 0.6 is 0 Å². The van der Waals surface area contributed by atoms with Crippen molar-refractivity contribution in [3.05, 3.63) is 35.9 Å². The van der Waals surface area contributed by atoms with Crippen LogP contribution in [0.25, 0.3) is 0 Å². The minimum Gasteiger partial charge on any atom is -0.481 e. The van der Waals surface area contributed by atoms with Gasteiger partial charge in [0.15, 0.2) is 0 Å². The topological polar surface area (TPSA) is 57.6 Å². The van der Waals surface area contributed by atoms with Crippen molar-refractivity contribution in [3.63, 3.8) is 0 Å². The van der Waals surface area contributed by atoms with Gasteiger partial charge in [-0.05, 0) is 25.3 Å². The Hall–Kier alpha value is -2.05. The van der Waals surface area contributed by atoms with Crippen LogP contribution < -0.4 is 0 Å². The summed E-state index contributed by atoms with van der Waals surface area (Å²) in [6, 6.07) is 7.07. The molecule has 1 saturated heterocycles. The lowest BCUT2D eigenvalue weighted by atomic mass is 9.90. The van der Waals surface area contributed by atoms with E-state index in [1.165, 1.54) is 29.2 Å². The summed E-state index contributed by atoms with van der Waals surface area (Å²) in [5, 5.41) is 9.10. The fraction of sp³-hybridized carbons (Fsp3) is 0.529. The molecule has 3 atom stereocenters. The SMILES string of the molecule is CC1CCC(C(=O)O)CN1C(=O)CC(c1ccccc1)C(F)(F)F. The fourth-order valence-corrected chi connectivity index (χ4v) is 3.06. The van der Waals surface area contributed by atoms with Crippen LogP contribution in [0.5, 0.6) is 0 Å². The molecule has 1 aromatic rings. The largest absolute Gasteiger partial charge is 0.481 e. The maximum atomic E-state index is 13.4. The van der Waals surface area contributed by atoms with Gasteiger partial charge in [0.25, 0.3) is 0 Å². The molecule has 1 amide bonds. The summed E-state index contributed by atoms with van der Waals surface area (Å²) in [4.78, 5) is 24.8. The van der Waals surface area contributed by atoms with Gasteiger partial charge in [0.1, 0.15) is 0 Å². The number of carbonyl (C=O) groups is 2. The predicted octanol–water partition coefficient (Wildman–Crippen LogP) is 3.43. The van der Waals surface area contributed by atoms with Gasteiger partial charge >= 0.3 is 12.1 Å². The maximum absolute atomic E-state index is 13.4. The Morgan fingerprint density at radius 2 is 1.88 bits per heavy atom. The number of piperidine rings is 1. The summed E-state index contributed by atoms with van der Waals surface area (Å²) in [6.07, 6.45) is -4.33. The first-order valence-corrected chi connectivity index (χ1v) is 7.84. The number of benzene rings is 1. The monoisotopic (exact) mass is 343 g/mol. The van der Waals surface area contributed by atoms with E-state index >= 15 is 0 Å². The molecule has 7 heteroatoms. The summed E-state index contributed by atoms with van der Waals surface area (Å²) in [5.74, 6) is -4.27. The van der Waals surface area contributed by atoms with Gasteiger partial charge in [0.2, 0.25) is 5.91 Å². The number of nitrogens with zero attached hydrogens (tertiary/aromatic N) is 1. The second-order valence-electron chi connectivity index (χ2n) is 6.22. The summed E-state index contributed by atoms with van der Waals surface area (Å²) in [5.41, 5.74) is 0.0396. The first-order valence-electron chi connectivity index (χ1n) is 7.84. The molecule has 2 rings (SSSR count). The Balaban J connectivity index is 2.16. The molecule has 0 aliphatic carbocycles. The third-order valence-corrected chi connectivity index (χ3v) is 4.53. The normalized spacial score (nSPS) is 22.9. The maximum Gasteiger partial charge on any atom is 0.396 e. The van der Waals surface area contributed by atoms with Crippen molar-refractivity contribution in [1.29, 1.82) is 0 Å². The van der Waals surface area contributed by atoms with E-state index in [-0.39, 0.29) is 18.2 Å². The third kappa shape index (κ3) is 4.27. The van der Waals surface area contributed by atoms with Crippen LogP contribution in [-0.2, 0) is 9.59 Å². The molecule has 1 aromatic carbocycles. The van der Waals surface area contributed by atoms with Crippen molar-refractivity contribution in [3.8, 4) is 0 Å². The number of rotatable bonds is 4. The van der Waals surface area contributed by atoms with E-state index in [4.69, 9.17) is 5.11 Å². The zero-order valence-electron chi connectivity index (χ0n) is 13.3. The van der Waals surface area contributed by atoms with E-state index in [1.807, 2.05) is 0 Å². The quantitative estimate of drug-likeness (QED) is 0.911. The van der Waals surface area contributed by atoms with Crippen LogP contribution in [0.1, 0.15) is 37.7 Å². The number of carbonyl (C=O) groups excluding carboxylic acids is 1. The van der Waals surface area contributed by atoms with E-state index in [0.29, 0.717) is 12.8 Å². The summed E-state index contributed by atoms with van der Waals surface area (Å²) < 4.78 is 40.1. The highest BCUT2D eigenvalue weighted by molar-refractivity contribution is 5.79. The molecule has 1 aliphatic heterocycles. The average Bonchev–Trinajstić information content (AvgIpc) is 2.52.